The molecule has 2 heterocycles. The number of para-hydroxylation sites is 4. The Kier molecular flexibility index (Phi) is 8.78. The summed E-state index contributed by atoms with van der Waals surface area (Å²) >= 11 is 0. The van der Waals surface area contributed by atoms with E-state index < -0.39 is 0 Å². The van der Waals surface area contributed by atoms with Crippen LogP contribution in [0.3, 0.4) is 0 Å². The van der Waals surface area contributed by atoms with Crippen molar-refractivity contribution in [1.29, 1.82) is 0 Å². The van der Waals surface area contributed by atoms with Crippen LogP contribution in [0.15, 0.2) is 199 Å². The minimum Gasteiger partial charge on any atom is -0.485 e. The summed E-state index contributed by atoms with van der Waals surface area (Å²) in [6.07, 6.45) is 13.3. The highest BCUT2D eigenvalue weighted by Crippen LogP contribution is 2.51. The Morgan fingerprint density at radius 2 is 1.21 bits per heavy atom. The number of rotatable bonds is 7. The minimum atomic E-state index is -0.272. The second kappa shape index (κ2) is 14.8. The van der Waals surface area contributed by atoms with Gasteiger partial charge in [0, 0.05) is 33.2 Å². The number of anilines is 3. The maximum Gasteiger partial charge on any atom is 0.136 e. The molecule has 0 spiro atoms. The standard InChI is InChI=1S/C59H47NO2/c1-59-38-42(35-36-56(59)62-54-33-12-8-29-50(54)59)41-21-13-22-43(37-41)60(52-31-10-6-24-46(52)48-28-16-34-55-58(48)49-25-7-11-32-53(49)61-55)51-30-9-5-23-45(51)47-27-15-20-40-19-14-26-44(57(40)47)39-17-3-2-4-18-39/h5-16,19-39,56H,2-4,17-18H2,1H3. The zero-order valence-corrected chi connectivity index (χ0v) is 34.9. The van der Waals surface area contributed by atoms with Crippen LogP contribution in [0.1, 0.15) is 61.6 Å². The molecule has 3 heteroatoms. The topological polar surface area (TPSA) is 25.6 Å². The maximum atomic E-state index is 6.47. The molecule has 0 N–H and O–H groups in total. The highest BCUT2D eigenvalue weighted by atomic mass is 16.5. The molecule has 300 valence electrons. The zero-order valence-electron chi connectivity index (χ0n) is 34.9. The van der Waals surface area contributed by atoms with Gasteiger partial charge in [-0.2, -0.15) is 0 Å². The van der Waals surface area contributed by atoms with E-state index in [1.807, 2.05) is 6.07 Å². The molecule has 1 fully saturated rings. The van der Waals surface area contributed by atoms with Crippen molar-refractivity contribution in [3.05, 3.63) is 211 Å². The third kappa shape index (κ3) is 5.94. The van der Waals surface area contributed by atoms with E-state index >= 15 is 0 Å². The summed E-state index contributed by atoms with van der Waals surface area (Å²) < 4.78 is 12.9. The lowest BCUT2D eigenvalue weighted by Gasteiger charge is -2.32. The van der Waals surface area contributed by atoms with Gasteiger partial charge in [0.15, 0.2) is 0 Å². The zero-order chi connectivity index (χ0) is 41.2. The van der Waals surface area contributed by atoms with Crippen molar-refractivity contribution in [2.24, 2.45) is 0 Å². The predicted octanol–water partition coefficient (Wildman–Crippen LogP) is 16.3. The molecule has 9 aromatic rings. The van der Waals surface area contributed by atoms with Crippen LogP contribution < -0.4 is 9.64 Å². The first-order valence-electron chi connectivity index (χ1n) is 22.3. The van der Waals surface area contributed by atoms with Gasteiger partial charge in [-0.25, -0.2) is 0 Å². The van der Waals surface area contributed by atoms with Crippen molar-refractivity contribution >= 4 is 55.3 Å². The van der Waals surface area contributed by atoms with E-state index in [9.17, 15) is 0 Å². The number of benzene rings is 8. The van der Waals surface area contributed by atoms with E-state index in [1.165, 1.54) is 70.7 Å². The summed E-state index contributed by atoms with van der Waals surface area (Å²) in [5.41, 5.74) is 14.7. The van der Waals surface area contributed by atoms with Crippen LogP contribution in [0.2, 0.25) is 0 Å². The van der Waals surface area contributed by atoms with Crippen molar-refractivity contribution in [1.82, 2.24) is 0 Å². The van der Waals surface area contributed by atoms with Gasteiger partial charge in [0.1, 0.15) is 23.0 Å². The Morgan fingerprint density at radius 1 is 0.565 bits per heavy atom. The summed E-state index contributed by atoms with van der Waals surface area (Å²) in [6, 6.07) is 64.3. The molecule has 0 bridgehead atoms. The molecule has 12 rings (SSSR count). The molecule has 2 atom stereocenters. The Bertz CT molecular complexity index is 3250. The van der Waals surface area contributed by atoms with Crippen LogP contribution in [-0.4, -0.2) is 6.10 Å². The van der Waals surface area contributed by atoms with Gasteiger partial charge >= 0.3 is 0 Å². The van der Waals surface area contributed by atoms with Crippen molar-refractivity contribution in [2.45, 2.75) is 56.5 Å². The lowest BCUT2D eigenvalue weighted by Crippen LogP contribution is -2.33. The van der Waals surface area contributed by atoms with Crippen molar-refractivity contribution < 1.29 is 9.15 Å². The first kappa shape index (κ1) is 36.7. The Balaban J connectivity index is 1.09. The van der Waals surface area contributed by atoms with E-state index in [2.05, 4.69) is 200 Å². The highest BCUT2D eigenvalue weighted by Gasteiger charge is 2.44. The molecule has 1 aromatic heterocycles. The number of ether oxygens (including phenoxy) is 1. The lowest BCUT2D eigenvalue weighted by atomic mass is 9.74. The van der Waals surface area contributed by atoms with Crippen LogP contribution in [0.25, 0.3) is 60.5 Å². The monoisotopic (exact) mass is 801 g/mol. The van der Waals surface area contributed by atoms with Gasteiger partial charge in [0.2, 0.25) is 0 Å². The van der Waals surface area contributed by atoms with Crippen molar-refractivity contribution in [2.75, 3.05) is 4.90 Å². The van der Waals surface area contributed by atoms with Crippen LogP contribution in [0.4, 0.5) is 17.1 Å². The predicted molar refractivity (Wildman–Crippen MR) is 258 cm³/mol. The molecule has 0 saturated heterocycles. The molecule has 1 aliphatic heterocycles. The quantitative estimate of drug-likeness (QED) is 0.161. The first-order chi connectivity index (χ1) is 30.6. The molecule has 0 radical (unpaired) electrons. The average Bonchev–Trinajstić information content (AvgIpc) is 3.87. The van der Waals surface area contributed by atoms with Crippen LogP contribution in [0, 0.1) is 0 Å². The molecule has 2 unspecified atom stereocenters. The summed E-state index contributed by atoms with van der Waals surface area (Å²) in [5, 5.41) is 4.93. The number of nitrogens with zero attached hydrogens (tertiary/aromatic N) is 1. The van der Waals surface area contributed by atoms with Gasteiger partial charge in [0.05, 0.1) is 16.8 Å². The van der Waals surface area contributed by atoms with E-state index in [0.29, 0.717) is 5.92 Å². The second-order valence-corrected chi connectivity index (χ2v) is 17.6. The molecule has 0 amide bonds. The molecule has 62 heavy (non-hydrogen) atoms. The van der Waals surface area contributed by atoms with E-state index in [-0.39, 0.29) is 11.5 Å². The summed E-state index contributed by atoms with van der Waals surface area (Å²) in [6.45, 7) is 2.31. The fourth-order valence-electron chi connectivity index (χ4n) is 10.9. The Morgan fingerprint density at radius 3 is 2.03 bits per heavy atom. The van der Waals surface area contributed by atoms with E-state index in [0.717, 1.165) is 61.4 Å². The van der Waals surface area contributed by atoms with Gasteiger partial charge in [-0.1, -0.05) is 165 Å². The molecule has 3 aliphatic rings. The summed E-state index contributed by atoms with van der Waals surface area (Å²) in [4.78, 5) is 2.50. The molecule has 1 saturated carbocycles. The number of allylic oxidation sites excluding steroid dienone is 2. The van der Waals surface area contributed by atoms with Gasteiger partial charge in [-0.05, 0) is 113 Å². The van der Waals surface area contributed by atoms with Crippen molar-refractivity contribution in [3.63, 3.8) is 0 Å². The summed E-state index contributed by atoms with van der Waals surface area (Å²) in [5.74, 6) is 1.53. The molecule has 3 nitrogen and oxygen atoms in total. The number of hydrogen-bond donors (Lipinski definition) is 0. The average molecular weight is 802 g/mol. The van der Waals surface area contributed by atoms with Gasteiger partial charge in [0.25, 0.3) is 0 Å². The molecule has 8 aromatic carbocycles. The third-order valence-electron chi connectivity index (χ3n) is 13.9. The third-order valence-corrected chi connectivity index (χ3v) is 13.9. The fraction of sp³-hybridized carbons (Fsp3) is 0.153. The lowest BCUT2D eigenvalue weighted by molar-refractivity contribution is 0.228. The Hall–Kier alpha value is -7.10. The van der Waals surface area contributed by atoms with Crippen LogP contribution in [-0.2, 0) is 5.41 Å². The second-order valence-electron chi connectivity index (χ2n) is 17.6. The largest absolute Gasteiger partial charge is 0.485 e. The van der Waals surface area contributed by atoms with Crippen LogP contribution in [0.5, 0.6) is 5.75 Å². The molecule has 2 aliphatic carbocycles. The molecular weight excluding hydrogens is 755 g/mol. The van der Waals surface area contributed by atoms with Crippen LogP contribution >= 0.6 is 0 Å². The normalized spacial score (nSPS) is 18.4. The Labute approximate surface area is 363 Å². The van der Waals surface area contributed by atoms with E-state index in [1.54, 1.807) is 0 Å². The number of fused-ring (bicyclic) bond motifs is 7. The smallest absolute Gasteiger partial charge is 0.136 e. The molecular formula is C59H47NO2. The fourth-order valence-corrected chi connectivity index (χ4v) is 10.9. The number of hydrogen-bond acceptors (Lipinski definition) is 3. The maximum absolute atomic E-state index is 6.47. The van der Waals surface area contributed by atoms with Crippen molar-refractivity contribution in [3.8, 4) is 28.0 Å². The van der Waals surface area contributed by atoms with Gasteiger partial charge in [-0.15, -0.1) is 0 Å². The highest BCUT2D eigenvalue weighted by molar-refractivity contribution is 6.14. The number of furan rings is 1. The minimum absolute atomic E-state index is 0.0389. The van der Waals surface area contributed by atoms with Gasteiger partial charge in [-0.3, -0.25) is 0 Å². The van der Waals surface area contributed by atoms with E-state index in [4.69, 9.17) is 9.15 Å². The SMILES string of the molecule is CC12C=C(c3cccc(N(c4ccccc4-c4cccc5cccc(C6CCCCC6)c45)c4ccccc4-c4cccc5oc6ccccc6c45)c3)C=CC1Oc1ccccc12. The summed E-state index contributed by atoms with van der Waals surface area (Å²) in [7, 11) is 0. The first-order valence-corrected chi connectivity index (χ1v) is 22.3. The van der Waals surface area contributed by atoms with Gasteiger partial charge < -0.3 is 14.1 Å².